The van der Waals surface area contributed by atoms with E-state index >= 15 is 0 Å². The van der Waals surface area contributed by atoms with Crippen molar-refractivity contribution in [2.45, 2.75) is 56.8 Å². The second kappa shape index (κ2) is 6.96. The van der Waals surface area contributed by atoms with E-state index in [-0.39, 0.29) is 37.3 Å². The topological polar surface area (TPSA) is 55.3 Å². The van der Waals surface area contributed by atoms with Gasteiger partial charge >= 0.3 is 6.18 Å². The van der Waals surface area contributed by atoms with Gasteiger partial charge in [0.05, 0.1) is 29.0 Å². The van der Waals surface area contributed by atoms with Gasteiger partial charge in [0.15, 0.2) is 0 Å². The van der Waals surface area contributed by atoms with Gasteiger partial charge in [-0.3, -0.25) is 14.8 Å². The zero-order valence-electron chi connectivity index (χ0n) is 17.9. The molecule has 0 aromatic carbocycles. The third-order valence-corrected chi connectivity index (χ3v) is 8.01. The van der Waals surface area contributed by atoms with Crippen molar-refractivity contribution >= 4 is 5.91 Å². The Kier molecular flexibility index (Phi) is 4.33. The van der Waals surface area contributed by atoms with Gasteiger partial charge in [-0.25, -0.2) is 0 Å². The van der Waals surface area contributed by atoms with Crippen LogP contribution in [0.5, 0.6) is 5.75 Å². The van der Waals surface area contributed by atoms with Crippen LogP contribution in [0, 0.1) is 22.7 Å². The van der Waals surface area contributed by atoms with Crippen molar-refractivity contribution in [2.75, 3.05) is 6.54 Å². The van der Waals surface area contributed by atoms with Crippen molar-refractivity contribution in [1.82, 2.24) is 14.9 Å². The van der Waals surface area contributed by atoms with Crippen LogP contribution in [0.1, 0.15) is 61.3 Å². The molecule has 1 saturated heterocycles. The van der Waals surface area contributed by atoms with Gasteiger partial charge in [-0.2, -0.15) is 13.2 Å². The van der Waals surface area contributed by atoms with Gasteiger partial charge in [-0.15, -0.1) is 0 Å². The second-order valence-corrected chi connectivity index (χ2v) is 9.78. The summed E-state index contributed by atoms with van der Waals surface area (Å²) < 4.78 is 47.4. The van der Waals surface area contributed by atoms with E-state index in [0.29, 0.717) is 37.1 Å². The van der Waals surface area contributed by atoms with Gasteiger partial charge in [0, 0.05) is 42.3 Å². The number of hydrogen-bond donors (Lipinski definition) is 0. The molecule has 2 aromatic heterocycles. The molecule has 4 heterocycles. The Bertz CT molecular complexity index is 1180. The summed E-state index contributed by atoms with van der Waals surface area (Å²) in [6.45, 7) is 0.385. The molecule has 0 unspecified atom stereocenters. The summed E-state index contributed by atoms with van der Waals surface area (Å²) in [5.41, 5.74) is -0.354. The molecule has 0 spiro atoms. The third kappa shape index (κ3) is 3.05. The molecule has 2 saturated carbocycles. The summed E-state index contributed by atoms with van der Waals surface area (Å²) >= 11 is 0. The Labute approximate surface area is 189 Å². The fourth-order valence-corrected chi connectivity index (χ4v) is 6.25. The molecule has 5 nitrogen and oxygen atoms in total. The fourth-order valence-electron chi connectivity index (χ4n) is 6.25. The highest BCUT2D eigenvalue weighted by atomic mass is 19.4. The number of amides is 1. The smallest absolute Gasteiger partial charge is 0.394 e. The van der Waals surface area contributed by atoms with Crippen molar-refractivity contribution in [1.29, 1.82) is 0 Å². The zero-order valence-corrected chi connectivity index (χ0v) is 17.9. The number of halogens is 3. The molecular formula is C25H22F3N3O2. The highest BCUT2D eigenvalue weighted by Gasteiger charge is 2.69. The van der Waals surface area contributed by atoms with E-state index in [4.69, 9.17) is 4.74 Å². The van der Waals surface area contributed by atoms with E-state index in [2.05, 4.69) is 21.8 Å². The Morgan fingerprint density at radius 1 is 1.09 bits per heavy atom. The third-order valence-electron chi connectivity index (χ3n) is 8.01. The standard InChI is InChI=1S/C25H22F3N3O2/c26-25(27,28)24-7-5-23(15-24,6-8-24)22(32)31-14-18-11-20(31)19-13-30-12-17(21(19)33-18)2-1-16-3-9-29-10-4-16/h3-4,9-10,12-13,18,20H,5-8,11,14-15H2/t18-,20-,23?,24?/m0/s1. The monoisotopic (exact) mass is 453 g/mol. The maximum absolute atomic E-state index is 13.7. The summed E-state index contributed by atoms with van der Waals surface area (Å²) in [6.07, 6.45) is 3.49. The maximum atomic E-state index is 13.7. The molecule has 2 aliphatic heterocycles. The van der Waals surface area contributed by atoms with E-state index in [1.165, 1.54) is 0 Å². The molecule has 0 radical (unpaired) electrons. The van der Waals surface area contributed by atoms with Gasteiger partial charge in [0.1, 0.15) is 11.9 Å². The van der Waals surface area contributed by atoms with Crippen molar-refractivity contribution in [2.24, 2.45) is 10.8 Å². The molecule has 33 heavy (non-hydrogen) atoms. The van der Waals surface area contributed by atoms with Crippen molar-refractivity contribution in [3.63, 3.8) is 0 Å². The number of ether oxygens (including phenoxy) is 1. The lowest BCUT2D eigenvalue weighted by Crippen LogP contribution is -2.41. The highest BCUT2D eigenvalue weighted by Crippen LogP contribution is 2.68. The van der Waals surface area contributed by atoms with Crippen molar-refractivity contribution < 1.29 is 22.7 Å². The number of aromatic nitrogens is 2. The minimum atomic E-state index is -4.26. The van der Waals surface area contributed by atoms with E-state index in [1.807, 2.05) is 12.1 Å². The van der Waals surface area contributed by atoms with Crippen LogP contribution in [0.15, 0.2) is 36.9 Å². The first kappa shape index (κ1) is 20.5. The minimum Gasteiger partial charge on any atom is -0.487 e. The van der Waals surface area contributed by atoms with Crippen LogP contribution < -0.4 is 4.74 Å². The van der Waals surface area contributed by atoms with Crippen LogP contribution in [-0.2, 0) is 4.79 Å². The largest absolute Gasteiger partial charge is 0.487 e. The SMILES string of the molecule is O=C(N1C[C@@H]2C[C@H]1c1cncc(C#Cc3ccncc3)c1O2)C12CCC(C(F)(F)F)(CC1)C2. The van der Waals surface area contributed by atoms with Gasteiger partial charge in [-0.05, 0) is 44.2 Å². The predicted molar refractivity (Wildman–Crippen MR) is 112 cm³/mol. The first-order valence-electron chi connectivity index (χ1n) is 11.2. The number of hydrogen-bond acceptors (Lipinski definition) is 4. The molecule has 2 aromatic rings. The van der Waals surface area contributed by atoms with Crippen molar-refractivity contribution in [3.8, 4) is 17.6 Å². The number of pyridine rings is 2. The van der Waals surface area contributed by atoms with E-state index in [9.17, 15) is 18.0 Å². The number of likely N-dealkylation sites (tertiary alicyclic amines) is 1. The second-order valence-electron chi connectivity index (χ2n) is 9.78. The summed E-state index contributed by atoms with van der Waals surface area (Å²) in [5.74, 6) is 6.67. The molecule has 8 heteroatoms. The fraction of sp³-hybridized carbons (Fsp3) is 0.480. The molecular weight excluding hydrogens is 431 g/mol. The predicted octanol–water partition coefficient (Wildman–Crippen LogP) is 4.42. The normalized spacial score (nSPS) is 31.5. The molecule has 2 aliphatic carbocycles. The van der Waals surface area contributed by atoms with Gasteiger partial charge in [0.25, 0.3) is 0 Å². The Hall–Kier alpha value is -3.08. The van der Waals surface area contributed by atoms with Crippen LogP contribution >= 0.6 is 0 Å². The lowest BCUT2D eigenvalue weighted by molar-refractivity contribution is -0.220. The minimum absolute atomic E-state index is 0.0492. The molecule has 3 fully saturated rings. The number of carbonyl (C=O) groups is 1. The first-order chi connectivity index (χ1) is 15.8. The quantitative estimate of drug-likeness (QED) is 0.600. The average molecular weight is 453 g/mol. The van der Waals surface area contributed by atoms with Crippen LogP contribution in [0.2, 0.25) is 0 Å². The lowest BCUT2D eigenvalue weighted by atomic mass is 9.81. The summed E-state index contributed by atoms with van der Waals surface area (Å²) in [5, 5.41) is 0. The number of nitrogens with zero attached hydrogens (tertiary/aromatic N) is 3. The summed E-state index contributed by atoms with van der Waals surface area (Å²) in [4.78, 5) is 23.8. The maximum Gasteiger partial charge on any atom is 0.394 e. The van der Waals surface area contributed by atoms with Gasteiger partial charge in [0.2, 0.25) is 5.91 Å². The number of fused-ring (bicyclic) bond motifs is 6. The Morgan fingerprint density at radius 2 is 1.85 bits per heavy atom. The number of carbonyl (C=O) groups excluding carboxylic acids is 1. The lowest BCUT2D eigenvalue weighted by Gasteiger charge is -2.34. The van der Waals surface area contributed by atoms with Gasteiger partial charge in [-0.1, -0.05) is 11.8 Å². The first-order valence-corrected chi connectivity index (χ1v) is 11.2. The van der Waals surface area contributed by atoms with E-state index < -0.39 is 17.0 Å². The Balaban J connectivity index is 1.30. The molecule has 4 aliphatic rings. The highest BCUT2D eigenvalue weighted by molar-refractivity contribution is 5.85. The molecule has 170 valence electrons. The zero-order chi connectivity index (χ0) is 22.8. The molecule has 2 atom stereocenters. The summed E-state index contributed by atoms with van der Waals surface area (Å²) in [6, 6.07) is 3.38. The van der Waals surface area contributed by atoms with E-state index in [1.54, 1.807) is 29.7 Å². The number of rotatable bonds is 1. The molecule has 4 bridgehead atoms. The van der Waals surface area contributed by atoms with Gasteiger partial charge < -0.3 is 9.64 Å². The van der Waals surface area contributed by atoms with Crippen LogP contribution in [0.25, 0.3) is 0 Å². The molecule has 6 rings (SSSR count). The molecule has 1 amide bonds. The van der Waals surface area contributed by atoms with Crippen LogP contribution in [0.4, 0.5) is 13.2 Å². The summed E-state index contributed by atoms with van der Waals surface area (Å²) in [7, 11) is 0. The van der Waals surface area contributed by atoms with Crippen LogP contribution in [-0.4, -0.2) is 39.6 Å². The average Bonchev–Trinajstić information content (AvgIpc) is 3.50. The Morgan fingerprint density at radius 3 is 2.55 bits per heavy atom. The van der Waals surface area contributed by atoms with Crippen molar-refractivity contribution in [3.05, 3.63) is 53.6 Å². The molecule has 0 N–H and O–H groups in total. The van der Waals surface area contributed by atoms with Crippen LogP contribution in [0.3, 0.4) is 0 Å². The number of alkyl halides is 3. The van der Waals surface area contributed by atoms with E-state index in [0.717, 1.165) is 11.1 Å².